The highest BCUT2D eigenvalue weighted by atomic mass is 35.5. The zero-order valence-corrected chi connectivity index (χ0v) is 12.8. The van der Waals surface area contributed by atoms with Crippen molar-refractivity contribution in [1.82, 2.24) is 5.32 Å². The second-order valence-electron chi connectivity index (χ2n) is 4.89. The Morgan fingerprint density at radius 3 is 2.76 bits per heavy atom. The second kappa shape index (κ2) is 8.01. The molecule has 4 heteroatoms. The standard InChI is InChI=1S/C17H19ClFNO/c1-2-6-20-11-14-8-16(19)10-17(9-14)21-12-13-4-3-5-15(18)7-13/h3-5,7-10,20H,2,6,11-12H2,1H3. The van der Waals surface area contributed by atoms with Gasteiger partial charge in [-0.15, -0.1) is 0 Å². The van der Waals surface area contributed by atoms with Crippen molar-refractivity contribution in [2.75, 3.05) is 6.54 Å². The highest BCUT2D eigenvalue weighted by Crippen LogP contribution is 2.19. The van der Waals surface area contributed by atoms with Crippen LogP contribution < -0.4 is 10.1 Å². The molecule has 1 N–H and O–H groups in total. The van der Waals surface area contributed by atoms with Crippen LogP contribution in [0.25, 0.3) is 0 Å². The van der Waals surface area contributed by atoms with E-state index in [4.69, 9.17) is 16.3 Å². The minimum Gasteiger partial charge on any atom is -0.489 e. The maximum atomic E-state index is 13.6. The Hall–Kier alpha value is -1.58. The molecule has 0 spiro atoms. The summed E-state index contributed by atoms with van der Waals surface area (Å²) in [5.74, 6) is 0.246. The number of ether oxygens (including phenoxy) is 1. The number of nitrogens with one attached hydrogen (secondary N) is 1. The van der Waals surface area contributed by atoms with E-state index in [1.54, 1.807) is 0 Å². The summed E-state index contributed by atoms with van der Waals surface area (Å²) in [6.45, 7) is 4.01. The first kappa shape index (κ1) is 15.8. The summed E-state index contributed by atoms with van der Waals surface area (Å²) in [4.78, 5) is 0. The number of hydrogen-bond donors (Lipinski definition) is 1. The maximum absolute atomic E-state index is 13.6. The van der Waals surface area contributed by atoms with E-state index < -0.39 is 0 Å². The molecule has 0 fully saturated rings. The van der Waals surface area contributed by atoms with Crippen molar-refractivity contribution in [3.05, 3.63) is 64.4 Å². The van der Waals surface area contributed by atoms with Gasteiger partial charge in [-0.2, -0.15) is 0 Å². The Morgan fingerprint density at radius 2 is 2.00 bits per heavy atom. The van der Waals surface area contributed by atoms with Gasteiger partial charge in [0.2, 0.25) is 0 Å². The molecule has 2 rings (SSSR count). The Bertz CT molecular complexity index is 589. The van der Waals surface area contributed by atoms with Gasteiger partial charge in [-0.25, -0.2) is 4.39 Å². The maximum Gasteiger partial charge on any atom is 0.127 e. The first-order valence-corrected chi connectivity index (χ1v) is 7.42. The van der Waals surface area contributed by atoms with Crippen LogP contribution in [0.3, 0.4) is 0 Å². The van der Waals surface area contributed by atoms with Crippen molar-refractivity contribution in [1.29, 1.82) is 0 Å². The first-order chi connectivity index (χ1) is 10.2. The van der Waals surface area contributed by atoms with Crippen LogP contribution in [0.1, 0.15) is 24.5 Å². The van der Waals surface area contributed by atoms with Crippen molar-refractivity contribution in [3.8, 4) is 5.75 Å². The van der Waals surface area contributed by atoms with Gasteiger partial charge >= 0.3 is 0 Å². The quantitative estimate of drug-likeness (QED) is 0.757. The molecule has 0 saturated heterocycles. The van der Waals surface area contributed by atoms with E-state index in [1.807, 2.05) is 30.3 Å². The number of benzene rings is 2. The minimum atomic E-state index is -0.285. The third-order valence-corrected chi connectivity index (χ3v) is 3.22. The van der Waals surface area contributed by atoms with Gasteiger partial charge in [0.05, 0.1) is 0 Å². The lowest BCUT2D eigenvalue weighted by Crippen LogP contribution is -2.14. The Labute approximate surface area is 129 Å². The van der Waals surface area contributed by atoms with E-state index in [-0.39, 0.29) is 5.82 Å². The molecular formula is C17H19ClFNO. The third kappa shape index (κ3) is 5.37. The summed E-state index contributed by atoms with van der Waals surface area (Å²) >= 11 is 5.92. The minimum absolute atomic E-state index is 0.285. The van der Waals surface area contributed by atoms with E-state index in [1.165, 1.54) is 12.1 Å². The number of hydrogen-bond acceptors (Lipinski definition) is 2. The van der Waals surface area contributed by atoms with Crippen molar-refractivity contribution in [2.24, 2.45) is 0 Å². The van der Waals surface area contributed by atoms with Gasteiger partial charge in [0, 0.05) is 17.6 Å². The Morgan fingerprint density at radius 1 is 1.14 bits per heavy atom. The van der Waals surface area contributed by atoms with Gasteiger partial charge in [0.25, 0.3) is 0 Å². The molecule has 0 heterocycles. The van der Waals surface area contributed by atoms with Crippen LogP contribution >= 0.6 is 11.6 Å². The molecule has 0 unspecified atom stereocenters. The Balaban J connectivity index is 1.99. The number of rotatable bonds is 7. The molecule has 2 aromatic rings. The fourth-order valence-corrected chi connectivity index (χ4v) is 2.22. The third-order valence-electron chi connectivity index (χ3n) is 2.98. The predicted octanol–water partition coefficient (Wildman–Crippen LogP) is 4.56. The van der Waals surface area contributed by atoms with Crippen LogP contribution in [-0.2, 0) is 13.2 Å². The molecule has 0 bridgehead atoms. The fourth-order valence-electron chi connectivity index (χ4n) is 2.01. The van der Waals surface area contributed by atoms with E-state index in [9.17, 15) is 4.39 Å². The highest BCUT2D eigenvalue weighted by molar-refractivity contribution is 6.30. The summed E-state index contributed by atoms with van der Waals surface area (Å²) in [5.41, 5.74) is 1.84. The van der Waals surface area contributed by atoms with Crippen LogP contribution in [-0.4, -0.2) is 6.54 Å². The molecule has 0 atom stereocenters. The summed E-state index contributed by atoms with van der Waals surface area (Å²) in [6.07, 6.45) is 1.05. The van der Waals surface area contributed by atoms with Gasteiger partial charge in [0.1, 0.15) is 18.2 Å². The van der Waals surface area contributed by atoms with Gasteiger partial charge < -0.3 is 10.1 Å². The average Bonchev–Trinajstić information content (AvgIpc) is 2.45. The van der Waals surface area contributed by atoms with Crippen molar-refractivity contribution in [2.45, 2.75) is 26.5 Å². The lowest BCUT2D eigenvalue weighted by molar-refractivity contribution is 0.304. The summed E-state index contributed by atoms with van der Waals surface area (Å²) < 4.78 is 19.2. The molecule has 0 aromatic heterocycles. The second-order valence-corrected chi connectivity index (χ2v) is 5.33. The SMILES string of the molecule is CCCNCc1cc(F)cc(OCc2cccc(Cl)c2)c1. The zero-order chi connectivity index (χ0) is 15.1. The molecule has 0 amide bonds. The van der Waals surface area contributed by atoms with Crippen molar-refractivity contribution >= 4 is 11.6 Å². The molecule has 0 aliphatic carbocycles. The molecule has 0 aliphatic rings. The molecule has 0 radical (unpaired) electrons. The van der Waals surface area contributed by atoms with Crippen molar-refractivity contribution < 1.29 is 9.13 Å². The lowest BCUT2D eigenvalue weighted by Gasteiger charge is -2.10. The smallest absolute Gasteiger partial charge is 0.127 e. The van der Waals surface area contributed by atoms with Crippen molar-refractivity contribution in [3.63, 3.8) is 0 Å². The monoisotopic (exact) mass is 307 g/mol. The zero-order valence-electron chi connectivity index (χ0n) is 12.0. The van der Waals surface area contributed by atoms with Crippen LogP contribution in [0.4, 0.5) is 4.39 Å². The normalized spacial score (nSPS) is 10.6. The summed E-state index contributed by atoms with van der Waals surface area (Å²) in [7, 11) is 0. The van der Waals surface area contributed by atoms with Gasteiger partial charge in [0.15, 0.2) is 0 Å². The fraction of sp³-hybridized carbons (Fsp3) is 0.294. The Kier molecular flexibility index (Phi) is 6.03. The molecular weight excluding hydrogens is 289 g/mol. The van der Waals surface area contributed by atoms with E-state index in [2.05, 4.69) is 12.2 Å². The highest BCUT2D eigenvalue weighted by Gasteiger charge is 2.03. The largest absolute Gasteiger partial charge is 0.489 e. The predicted molar refractivity (Wildman–Crippen MR) is 84.2 cm³/mol. The van der Waals surface area contributed by atoms with Gasteiger partial charge in [-0.3, -0.25) is 0 Å². The molecule has 2 aromatic carbocycles. The molecule has 21 heavy (non-hydrogen) atoms. The van der Waals surface area contributed by atoms with Crippen LogP contribution in [0, 0.1) is 5.82 Å². The molecule has 0 saturated carbocycles. The van der Waals surface area contributed by atoms with Gasteiger partial charge in [-0.1, -0.05) is 30.7 Å². The van der Waals surface area contributed by atoms with Crippen LogP contribution in [0.2, 0.25) is 5.02 Å². The number of halogens is 2. The average molecular weight is 308 g/mol. The molecule has 0 aliphatic heterocycles. The van der Waals surface area contributed by atoms with E-state index in [0.717, 1.165) is 24.1 Å². The van der Waals surface area contributed by atoms with E-state index >= 15 is 0 Å². The first-order valence-electron chi connectivity index (χ1n) is 7.05. The van der Waals surface area contributed by atoms with Gasteiger partial charge in [-0.05, 0) is 48.4 Å². The molecule has 112 valence electrons. The summed E-state index contributed by atoms with van der Waals surface area (Å²) in [5, 5.41) is 3.91. The lowest BCUT2D eigenvalue weighted by atomic mass is 10.2. The van der Waals surface area contributed by atoms with E-state index in [0.29, 0.717) is 23.9 Å². The van der Waals surface area contributed by atoms with Crippen LogP contribution in [0.5, 0.6) is 5.75 Å². The van der Waals surface area contributed by atoms with Crippen LogP contribution in [0.15, 0.2) is 42.5 Å². The molecule has 2 nitrogen and oxygen atoms in total. The summed E-state index contributed by atoms with van der Waals surface area (Å²) in [6, 6.07) is 12.2. The topological polar surface area (TPSA) is 21.3 Å².